The SMILES string of the molecule is CCCC[C@H](NC(=O)CC(C)NC(=O)C1CCCCC1)C(=O)O. The summed E-state index contributed by atoms with van der Waals surface area (Å²) in [7, 11) is 0. The zero-order chi connectivity index (χ0) is 17.2. The minimum atomic E-state index is -1.01. The Bertz CT molecular complexity index is 405. The van der Waals surface area contributed by atoms with Gasteiger partial charge in [0.2, 0.25) is 11.8 Å². The Morgan fingerprint density at radius 3 is 2.35 bits per heavy atom. The van der Waals surface area contributed by atoms with Gasteiger partial charge in [0.15, 0.2) is 0 Å². The van der Waals surface area contributed by atoms with Gasteiger partial charge in [-0.3, -0.25) is 9.59 Å². The van der Waals surface area contributed by atoms with Gasteiger partial charge in [0.1, 0.15) is 6.04 Å². The fourth-order valence-corrected chi connectivity index (χ4v) is 2.97. The first kappa shape index (κ1) is 19.5. The molecular weight excluding hydrogens is 296 g/mol. The van der Waals surface area contributed by atoms with Gasteiger partial charge in [-0.1, -0.05) is 39.0 Å². The van der Waals surface area contributed by atoms with Crippen LogP contribution in [0.15, 0.2) is 0 Å². The van der Waals surface area contributed by atoms with Gasteiger partial charge in [-0.2, -0.15) is 0 Å². The van der Waals surface area contributed by atoms with Gasteiger partial charge in [-0.15, -0.1) is 0 Å². The van der Waals surface area contributed by atoms with Crippen molar-refractivity contribution in [3.63, 3.8) is 0 Å². The minimum absolute atomic E-state index is 0.0192. The van der Waals surface area contributed by atoms with Crippen LogP contribution in [0.2, 0.25) is 0 Å². The number of hydrogen-bond donors (Lipinski definition) is 3. The normalized spacial score (nSPS) is 18.0. The molecule has 0 saturated heterocycles. The fraction of sp³-hybridized carbons (Fsp3) is 0.824. The van der Waals surface area contributed by atoms with Crippen molar-refractivity contribution < 1.29 is 19.5 Å². The molecule has 1 rings (SSSR count). The summed E-state index contributed by atoms with van der Waals surface area (Å²) in [4.78, 5) is 35.2. The van der Waals surface area contributed by atoms with E-state index in [0.29, 0.717) is 6.42 Å². The molecule has 6 heteroatoms. The zero-order valence-electron chi connectivity index (χ0n) is 14.3. The van der Waals surface area contributed by atoms with Crippen molar-refractivity contribution in [2.24, 2.45) is 5.92 Å². The van der Waals surface area contributed by atoms with E-state index < -0.39 is 12.0 Å². The highest BCUT2D eigenvalue weighted by Gasteiger charge is 2.24. The van der Waals surface area contributed by atoms with Crippen LogP contribution in [0.25, 0.3) is 0 Å². The summed E-state index contributed by atoms with van der Waals surface area (Å²) in [6.07, 6.45) is 7.38. The molecule has 1 fully saturated rings. The number of carboxylic acid groups (broad SMARTS) is 1. The van der Waals surface area contributed by atoms with Crippen LogP contribution in [0.3, 0.4) is 0 Å². The zero-order valence-corrected chi connectivity index (χ0v) is 14.3. The molecule has 0 spiro atoms. The van der Waals surface area contributed by atoms with Crippen molar-refractivity contribution in [2.75, 3.05) is 0 Å². The molecule has 2 atom stereocenters. The summed E-state index contributed by atoms with van der Waals surface area (Å²) in [5.74, 6) is -1.26. The summed E-state index contributed by atoms with van der Waals surface area (Å²) in [5, 5.41) is 14.5. The van der Waals surface area contributed by atoms with Crippen LogP contribution in [0.4, 0.5) is 0 Å². The summed E-state index contributed by atoms with van der Waals surface area (Å²) in [5.41, 5.74) is 0. The van der Waals surface area contributed by atoms with Crippen molar-refractivity contribution in [1.29, 1.82) is 0 Å². The second-order valence-electron chi connectivity index (χ2n) is 6.55. The van der Waals surface area contributed by atoms with Crippen molar-refractivity contribution in [3.05, 3.63) is 0 Å². The number of rotatable bonds is 9. The highest BCUT2D eigenvalue weighted by Crippen LogP contribution is 2.23. The van der Waals surface area contributed by atoms with E-state index in [1.54, 1.807) is 6.92 Å². The van der Waals surface area contributed by atoms with Gasteiger partial charge in [0, 0.05) is 18.4 Å². The predicted octanol–water partition coefficient (Wildman–Crippen LogP) is 2.22. The van der Waals surface area contributed by atoms with Gasteiger partial charge in [-0.25, -0.2) is 4.79 Å². The summed E-state index contributed by atoms with van der Waals surface area (Å²) in [6, 6.07) is -1.13. The molecule has 3 N–H and O–H groups in total. The van der Waals surface area contributed by atoms with E-state index in [1.165, 1.54) is 6.42 Å². The molecular formula is C17H30N2O4. The lowest BCUT2D eigenvalue weighted by molar-refractivity contribution is -0.142. The van der Waals surface area contributed by atoms with E-state index in [1.807, 2.05) is 6.92 Å². The van der Waals surface area contributed by atoms with E-state index in [0.717, 1.165) is 38.5 Å². The van der Waals surface area contributed by atoms with Crippen LogP contribution >= 0.6 is 0 Å². The maximum absolute atomic E-state index is 12.1. The first-order valence-corrected chi connectivity index (χ1v) is 8.76. The Kier molecular flexibility index (Phi) is 8.66. The lowest BCUT2D eigenvalue weighted by Gasteiger charge is -2.23. The third-order valence-electron chi connectivity index (χ3n) is 4.34. The first-order valence-electron chi connectivity index (χ1n) is 8.76. The van der Waals surface area contributed by atoms with Gasteiger partial charge in [0.05, 0.1) is 0 Å². The average Bonchev–Trinajstić information content (AvgIpc) is 2.51. The summed E-state index contributed by atoms with van der Waals surface area (Å²) < 4.78 is 0. The number of hydrogen-bond acceptors (Lipinski definition) is 3. The highest BCUT2D eigenvalue weighted by atomic mass is 16.4. The second-order valence-corrected chi connectivity index (χ2v) is 6.55. The maximum Gasteiger partial charge on any atom is 0.326 e. The Labute approximate surface area is 138 Å². The molecule has 0 heterocycles. The van der Waals surface area contributed by atoms with E-state index in [2.05, 4.69) is 10.6 Å². The van der Waals surface area contributed by atoms with Gasteiger partial charge in [-0.05, 0) is 26.2 Å². The molecule has 0 aromatic heterocycles. The molecule has 6 nitrogen and oxygen atoms in total. The number of unbranched alkanes of at least 4 members (excludes halogenated alkanes) is 1. The first-order chi connectivity index (χ1) is 10.9. The molecule has 1 aliphatic carbocycles. The number of carboxylic acids is 1. The molecule has 132 valence electrons. The summed E-state index contributed by atoms with van der Waals surface area (Å²) in [6.45, 7) is 3.76. The molecule has 0 aromatic rings. The Morgan fingerprint density at radius 1 is 1.13 bits per heavy atom. The highest BCUT2D eigenvalue weighted by molar-refractivity contribution is 5.84. The lowest BCUT2D eigenvalue weighted by Crippen LogP contribution is -2.45. The number of aliphatic carboxylic acids is 1. The standard InChI is InChI=1S/C17H30N2O4/c1-3-4-10-14(17(22)23)19-15(20)11-12(2)18-16(21)13-8-6-5-7-9-13/h12-14H,3-11H2,1-2H3,(H,18,21)(H,19,20)(H,22,23)/t12?,14-/m0/s1. The average molecular weight is 326 g/mol. The topological polar surface area (TPSA) is 95.5 Å². The van der Waals surface area contributed by atoms with Crippen LogP contribution in [0.1, 0.15) is 71.6 Å². The number of carbonyl (C=O) groups excluding carboxylic acids is 2. The third kappa shape index (κ3) is 7.48. The van der Waals surface area contributed by atoms with Crippen molar-refractivity contribution in [3.8, 4) is 0 Å². The van der Waals surface area contributed by atoms with E-state index in [9.17, 15) is 14.4 Å². The van der Waals surface area contributed by atoms with E-state index >= 15 is 0 Å². The van der Waals surface area contributed by atoms with Gasteiger partial charge in [0.25, 0.3) is 0 Å². The molecule has 0 aliphatic heterocycles. The maximum atomic E-state index is 12.1. The lowest BCUT2D eigenvalue weighted by atomic mass is 9.88. The van der Waals surface area contributed by atoms with Gasteiger partial charge < -0.3 is 15.7 Å². The third-order valence-corrected chi connectivity index (χ3v) is 4.34. The van der Waals surface area contributed by atoms with E-state index in [4.69, 9.17) is 5.11 Å². The molecule has 0 radical (unpaired) electrons. The second kappa shape index (κ2) is 10.2. The van der Waals surface area contributed by atoms with Crippen LogP contribution in [-0.2, 0) is 14.4 Å². The van der Waals surface area contributed by atoms with Crippen molar-refractivity contribution >= 4 is 17.8 Å². The molecule has 1 aliphatic rings. The van der Waals surface area contributed by atoms with Crippen LogP contribution < -0.4 is 10.6 Å². The molecule has 2 amide bonds. The quantitative estimate of drug-likeness (QED) is 0.605. The largest absolute Gasteiger partial charge is 0.480 e. The van der Waals surface area contributed by atoms with Crippen LogP contribution in [0.5, 0.6) is 0 Å². The predicted molar refractivity (Wildman–Crippen MR) is 87.9 cm³/mol. The Hall–Kier alpha value is -1.59. The van der Waals surface area contributed by atoms with Crippen LogP contribution in [0, 0.1) is 5.92 Å². The summed E-state index contributed by atoms with van der Waals surface area (Å²) >= 11 is 0. The smallest absolute Gasteiger partial charge is 0.326 e. The Balaban J connectivity index is 2.36. The molecule has 0 aromatic carbocycles. The number of nitrogens with one attached hydrogen (secondary N) is 2. The van der Waals surface area contributed by atoms with Crippen molar-refractivity contribution in [2.45, 2.75) is 83.7 Å². The Morgan fingerprint density at radius 2 is 1.78 bits per heavy atom. The monoisotopic (exact) mass is 326 g/mol. The molecule has 1 unspecified atom stereocenters. The minimum Gasteiger partial charge on any atom is -0.480 e. The van der Waals surface area contributed by atoms with Crippen LogP contribution in [-0.4, -0.2) is 35.0 Å². The van der Waals surface area contributed by atoms with Gasteiger partial charge >= 0.3 is 5.97 Å². The fourth-order valence-electron chi connectivity index (χ4n) is 2.97. The number of amides is 2. The molecule has 1 saturated carbocycles. The molecule has 23 heavy (non-hydrogen) atoms. The van der Waals surface area contributed by atoms with E-state index in [-0.39, 0.29) is 30.2 Å². The number of carbonyl (C=O) groups is 3. The molecule has 0 bridgehead atoms. The van der Waals surface area contributed by atoms with Crippen molar-refractivity contribution in [1.82, 2.24) is 10.6 Å².